The number of phenols is 1. The second-order valence-electron chi connectivity index (χ2n) is 8.94. The smallest absolute Gasteiger partial charge is 0.138 e. The lowest BCUT2D eigenvalue weighted by Gasteiger charge is -2.20. The molecule has 0 amide bonds. The summed E-state index contributed by atoms with van der Waals surface area (Å²) in [7, 11) is 0. The van der Waals surface area contributed by atoms with Gasteiger partial charge in [0.25, 0.3) is 0 Å². The number of carbonyl (C=O) groups excluding carboxylic acids is 1. The van der Waals surface area contributed by atoms with Gasteiger partial charge in [-0.25, -0.2) is 8.78 Å². The predicted octanol–water partition coefficient (Wildman–Crippen LogP) is 6.74. The van der Waals surface area contributed by atoms with Crippen LogP contribution in [0, 0.1) is 11.6 Å². The second kappa shape index (κ2) is 10.1. The highest BCUT2D eigenvalue weighted by Crippen LogP contribution is 2.33. The van der Waals surface area contributed by atoms with Crippen molar-refractivity contribution < 1.29 is 18.7 Å². The molecular weight excluding hydrogens is 458 g/mol. The summed E-state index contributed by atoms with van der Waals surface area (Å²) < 4.78 is 27.9. The Morgan fingerprint density at radius 1 is 0.944 bits per heavy atom. The first-order valence-corrected chi connectivity index (χ1v) is 11.7. The summed E-state index contributed by atoms with van der Waals surface area (Å²) in [6.45, 7) is 0. The van der Waals surface area contributed by atoms with Crippen LogP contribution in [0.5, 0.6) is 5.75 Å². The van der Waals surface area contributed by atoms with Crippen LogP contribution in [0.25, 0.3) is 22.0 Å². The molecule has 4 nitrogen and oxygen atoms in total. The number of aromatic nitrogens is 2. The largest absolute Gasteiger partial charge is 0.508 e. The number of halogens is 2. The number of nitrogens with one attached hydrogen (secondary N) is 1. The third-order valence-electron chi connectivity index (χ3n) is 6.33. The van der Waals surface area contributed by atoms with Crippen LogP contribution in [-0.4, -0.2) is 20.9 Å². The second-order valence-corrected chi connectivity index (χ2v) is 8.94. The molecule has 0 aliphatic rings. The summed E-state index contributed by atoms with van der Waals surface area (Å²) in [6.07, 6.45) is 4.00. The molecule has 5 aromatic rings. The normalized spacial score (nSPS) is 12.1. The van der Waals surface area contributed by atoms with E-state index in [0.717, 1.165) is 33.7 Å². The summed E-state index contributed by atoms with van der Waals surface area (Å²) in [5.41, 5.74) is 4.62. The third-order valence-corrected chi connectivity index (χ3v) is 6.33. The van der Waals surface area contributed by atoms with E-state index in [2.05, 4.69) is 9.97 Å². The Kier molecular flexibility index (Phi) is 6.58. The van der Waals surface area contributed by atoms with E-state index in [4.69, 9.17) is 0 Å². The molecule has 0 aliphatic carbocycles. The average molecular weight is 483 g/mol. The van der Waals surface area contributed by atoms with E-state index in [-0.39, 0.29) is 30.8 Å². The highest BCUT2D eigenvalue weighted by Gasteiger charge is 2.23. The third kappa shape index (κ3) is 5.18. The maximum atomic E-state index is 14.0. The molecule has 1 atom stereocenters. The molecule has 2 N–H and O–H groups in total. The van der Waals surface area contributed by atoms with E-state index in [1.54, 1.807) is 30.6 Å². The quantitative estimate of drug-likeness (QED) is 0.257. The lowest BCUT2D eigenvalue weighted by Crippen LogP contribution is -2.14. The molecule has 0 bridgehead atoms. The van der Waals surface area contributed by atoms with Crippen LogP contribution in [0.1, 0.15) is 29.2 Å². The minimum Gasteiger partial charge on any atom is -0.508 e. The van der Waals surface area contributed by atoms with Crippen LogP contribution in [0.15, 0.2) is 91.3 Å². The van der Waals surface area contributed by atoms with Crippen molar-refractivity contribution >= 4 is 16.7 Å². The molecule has 180 valence electrons. The van der Waals surface area contributed by atoms with Crippen LogP contribution in [0.3, 0.4) is 0 Å². The lowest BCUT2D eigenvalue weighted by molar-refractivity contribution is -0.118. The summed E-state index contributed by atoms with van der Waals surface area (Å²) in [5.74, 6) is -1.61. The number of pyridine rings is 1. The molecule has 0 unspecified atom stereocenters. The van der Waals surface area contributed by atoms with Crippen LogP contribution in [0.4, 0.5) is 8.78 Å². The van der Waals surface area contributed by atoms with Gasteiger partial charge in [-0.2, -0.15) is 0 Å². The van der Waals surface area contributed by atoms with Crippen molar-refractivity contribution in [2.24, 2.45) is 0 Å². The van der Waals surface area contributed by atoms with Gasteiger partial charge in [0.15, 0.2) is 0 Å². The minimum atomic E-state index is -0.655. The van der Waals surface area contributed by atoms with Gasteiger partial charge in [0.1, 0.15) is 23.2 Å². The van der Waals surface area contributed by atoms with Crippen molar-refractivity contribution in [3.63, 3.8) is 0 Å². The predicted molar refractivity (Wildman–Crippen MR) is 136 cm³/mol. The summed E-state index contributed by atoms with van der Waals surface area (Å²) in [6, 6.07) is 21.9. The molecule has 0 radical (unpaired) electrons. The SMILES string of the molecule is O=C(Cc1c[nH]c2ccc(O)cc12)C[C@@H](Cc1cc(F)cc(F)c1)c1ncccc1-c1ccccc1. The molecule has 2 heterocycles. The van der Waals surface area contributed by atoms with Gasteiger partial charge in [-0.05, 0) is 59.5 Å². The number of H-pyrrole nitrogens is 1. The van der Waals surface area contributed by atoms with Gasteiger partial charge in [-0.1, -0.05) is 36.4 Å². The number of carbonyl (C=O) groups is 1. The number of aromatic hydroxyl groups is 1. The van der Waals surface area contributed by atoms with Crippen LogP contribution >= 0.6 is 0 Å². The maximum absolute atomic E-state index is 14.0. The number of nitrogens with zero attached hydrogens (tertiary/aromatic N) is 1. The van der Waals surface area contributed by atoms with Gasteiger partial charge in [0.05, 0.1) is 5.69 Å². The van der Waals surface area contributed by atoms with Crippen molar-refractivity contribution in [1.82, 2.24) is 9.97 Å². The zero-order chi connectivity index (χ0) is 25.1. The number of fused-ring (bicyclic) bond motifs is 1. The van der Waals surface area contributed by atoms with Gasteiger partial charge in [0, 0.05) is 53.7 Å². The fourth-order valence-corrected chi connectivity index (χ4v) is 4.76. The van der Waals surface area contributed by atoms with E-state index >= 15 is 0 Å². The van der Waals surface area contributed by atoms with E-state index in [0.29, 0.717) is 11.3 Å². The molecule has 2 aromatic heterocycles. The van der Waals surface area contributed by atoms with Gasteiger partial charge >= 0.3 is 0 Å². The van der Waals surface area contributed by atoms with Crippen molar-refractivity contribution in [2.45, 2.75) is 25.2 Å². The fourth-order valence-electron chi connectivity index (χ4n) is 4.76. The minimum absolute atomic E-state index is 0.0363. The number of Topliss-reactive ketones (excluding diaryl/α,β-unsaturated/α-hetero) is 1. The Balaban J connectivity index is 1.49. The number of benzene rings is 3. The number of rotatable bonds is 8. The molecule has 36 heavy (non-hydrogen) atoms. The van der Waals surface area contributed by atoms with E-state index in [1.807, 2.05) is 42.5 Å². The number of hydrogen-bond acceptors (Lipinski definition) is 3. The zero-order valence-corrected chi connectivity index (χ0v) is 19.4. The summed E-state index contributed by atoms with van der Waals surface area (Å²) in [5, 5.41) is 10.7. The van der Waals surface area contributed by atoms with Gasteiger partial charge in [-0.3, -0.25) is 9.78 Å². The van der Waals surface area contributed by atoms with Crippen molar-refractivity contribution in [3.05, 3.63) is 120 Å². The molecule has 0 aliphatic heterocycles. The van der Waals surface area contributed by atoms with E-state index < -0.39 is 17.6 Å². The Morgan fingerprint density at radius 2 is 1.72 bits per heavy atom. The van der Waals surface area contributed by atoms with Crippen molar-refractivity contribution in [1.29, 1.82) is 0 Å². The van der Waals surface area contributed by atoms with E-state index in [1.165, 1.54) is 12.1 Å². The molecule has 0 fully saturated rings. The molecule has 0 saturated heterocycles. The molecule has 0 saturated carbocycles. The van der Waals surface area contributed by atoms with Gasteiger partial charge in [0.2, 0.25) is 0 Å². The Hall–Kier alpha value is -4.32. The van der Waals surface area contributed by atoms with Crippen molar-refractivity contribution in [2.75, 3.05) is 0 Å². The average Bonchev–Trinajstić information content (AvgIpc) is 3.25. The highest BCUT2D eigenvalue weighted by molar-refractivity contribution is 5.90. The van der Waals surface area contributed by atoms with Crippen LogP contribution in [0.2, 0.25) is 0 Å². The monoisotopic (exact) mass is 482 g/mol. The molecule has 3 aromatic carbocycles. The summed E-state index contributed by atoms with van der Waals surface area (Å²) in [4.78, 5) is 21.1. The Bertz CT molecular complexity index is 1510. The standard InChI is InChI=1S/C30H24F2N2O2/c31-23-12-19(13-24(32)16-23)11-21(30-27(7-4-10-33-30)20-5-2-1-3-6-20)14-26(36)15-22-18-34-29-9-8-25(35)17-28(22)29/h1-10,12-13,16-18,21,34-35H,11,14-15H2/t21-/m1/s1. The van der Waals surface area contributed by atoms with Gasteiger partial charge in [-0.15, -0.1) is 0 Å². The summed E-state index contributed by atoms with van der Waals surface area (Å²) >= 11 is 0. The molecular formula is C30H24F2N2O2. The first kappa shape index (κ1) is 23.4. The highest BCUT2D eigenvalue weighted by atomic mass is 19.1. The Labute approximate surface area is 207 Å². The topological polar surface area (TPSA) is 66.0 Å². The molecule has 0 spiro atoms. The van der Waals surface area contributed by atoms with Crippen molar-refractivity contribution in [3.8, 4) is 16.9 Å². The van der Waals surface area contributed by atoms with Crippen LogP contribution in [-0.2, 0) is 17.6 Å². The first-order valence-electron chi connectivity index (χ1n) is 11.7. The number of phenolic OH excluding ortho intramolecular Hbond substituents is 1. The lowest BCUT2D eigenvalue weighted by atomic mass is 9.86. The first-order chi connectivity index (χ1) is 17.5. The molecule has 6 heteroatoms. The number of hydrogen-bond donors (Lipinski definition) is 2. The number of ketones is 1. The fraction of sp³-hybridized carbons (Fsp3) is 0.133. The number of aromatic amines is 1. The Morgan fingerprint density at radius 3 is 2.50 bits per heavy atom. The van der Waals surface area contributed by atoms with Crippen LogP contribution < -0.4 is 0 Å². The van der Waals surface area contributed by atoms with E-state index in [9.17, 15) is 18.7 Å². The molecule has 5 rings (SSSR count). The van der Waals surface area contributed by atoms with Gasteiger partial charge < -0.3 is 10.1 Å². The maximum Gasteiger partial charge on any atom is 0.138 e. The zero-order valence-electron chi connectivity index (χ0n) is 19.4.